The van der Waals surface area contributed by atoms with Crippen LogP contribution in [-0.2, 0) is 21.0 Å². The Morgan fingerprint density at radius 1 is 1.15 bits per heavy atom. The van der Waals surface area contributed by atoms with E-state index in [1.54, 1.807) is 0 Å². The first-order valence-electron chi connectivity index (χ1n) is 6.87. The summed E-state index contributed by atoms with van der Waals surface area (Å²) >= 11 is 0. The van der Waals surface area contributed by atoms with Crippen LogP contribution >= 0.6 is 0 Å². The zero-order valence-corrected chi connectivity index (χ0v) is 11.2. The Morgan fingerprint density at radius 2 is 1.80 bits per heavy atom. The normalized spacial score (nSPS) is 22.2. The molecule has 0 aromatic heterocycles. The Kier molecular flexibility index (Phi) is 5.12. The van der Waals surface area contributed by atoms with Gasteiger partial charge in [-0.3, -0.25) is 14.4 Å². The number of carboxylic acids is 1. The van der Waals surface area contributed by atoms with Crippen molar-refractivity contribution < 1.29 is 19.5 Å². The third-order valence-corrected chi connectivity index (χ3v) is 3.67. The minimum Gasteiger partial charge on any atom is -0.481 e. The van der Waals surface area contributed by atoms with Crippen LogP contribution in [0.25, 0.3) is 0 Å². The van der Waals surface area contributed by atoms with E-state index in [9.17, 15) is 9.59 Å². The Balaban J connectivity index is 1.83. The highest BCUT2D eigenvalue weighted by molar-refractivity contribution is 5.84. The van der Waals surface area contributed by atoms with Crippen LogP contribution in [0.2, 0.25) is 0 Å². The lowest BCUT2D eigenvalue weighted by Gasteiger charge is -2.27. The standard InChI is InChI=1S/C15H19NO4/c17-14(12-8-4-5-9-13(12)15(18)19)16-20-10-11-6-2-1-3-7-11/h1-3,6-7,12-13H,4-5,8-10H2,(H,16,17)(H,18,19). The second kappa shape index (κ2) is 7.05. The van der Waals surface area contributed by atoms with E-state index in [-0.39, 0.29) is 12.5 Å². The van der Waals surface area contributed by atoms with Crippen LogP contribution in [0.5, 0.6) is 0 Å². The summed E-state index contributed by atoms with van der Waals surface area (Å²) in [5.74, 6) is -2.30. The number of rotatable bonds is 5. The van der Waals surface area contributed by atoms with E-state index in [4.69, 9.17) is 9.94 Å². The topological polar surface area (TPSA) is 75.6 Å². The van der Waals surface area contributed by atoms with E-state index in [0.717, 1.165) is 18.4 Å². The SMILES string of the molecule is O=C(O)C1CCCCC1C(=O)NOCc1ccccc1. The van der Waals surface area contributed by atoms with Gasteiger partial charge in [-0.05, 0) is 18.4 Å². The molecule has 5 nitrogen and oxygen atoms in total. The fourth-order valence-electron chi connectivity index (χ4n) is 2.58. The van der Waals surface area contributed by atoms with Crippen molar-refractivity contribution in [2.75, 3.05) is 0 Å². The van der Waals surface area contributed by atoms with Gasteiger partial charge < -0.3 is 5.11 Å². The highest BCUT2D eigenvalue weighted by Gasteiger charge is 2.35. The molecule has 108 valence electrons. The van der Waals surface area contributed by atoms with E-state index in [2.05, 4.69) is 5.48 Å². The molecule has 1 aromatic rings. The molecular formula is C15H19NO4. The van der Waals surface area contributed by atoms with E-state index in [1.165, 1.54) is 0 Å². The summed E-state index contributed by atoms with van der Waals surface area (Å²) in [6.45, 7) is 0.275. The third kappa shape index (κ3) is 3.81. The molecule has 0 spiro atoms. The summed E-state index contributed by atoms with van der Waals surface area (Å²) < 4.78 is 0. The number of carboxylic acid groups (broad SMARTS) is 1. The van der Waals surface area contributed by atoms with E-state index >= 15 is 0 Å². The Labute approximate surface area is 117 Å². The number of carbonyl (C=O) groups is 2. The molecule has 1 saturated carbocycles. The van der Waals surface area contributed by atoms with Gasteiger partial charge >= 0.3 is 5.97 Å². The molecule has 0 aliphatic heterocycles. The minimum absolute atomic E-state index is 0.275. The molecule has 2 rings (SSSR count). The van der Waals surface area contributed by atoms with E-state index in [1.807, 2.05) is 30.3 Å². The van der Waals surface area contributed by atoms with Crippen LogP contribution in [0.4, 0.5) is 0 Å². The molecule has 1 fully saturated rings. The molecule has 2 atom stereocenters. The molecule has 5 heteroatoms. The quantitative estimate of drug-likeness (QED) is 0.808. The number of benzene rings is 1. The van der Waals surface area contributed by atoms with Crippen molar-refractivity contribution in [3.63, 3.8) is 0 Å². The number of hydroxylamine groups is 1. The summed E-state index contributed by atoms with van der Waals surface area (Å²) in [6.07, 6.45) is 2.93. The first-order chi connectivity index (χ1) is 9.68. The van der Waals surface area contributed by atoms with Crippen molar-refractivity contribution in [1.29, 1.82) is 0 Å². The predicted molar refractivity (Wildman–Crippen MR) is 72.5 cm³/mol. The van der Waals surface area contributed by atoms with Crippen LogP contribution in [0, 0.1) is 11.8 Å². The lowest BCUT2D eigenvalue weighted by molar-refractivity contribution is -0.153. The van der Waals surface area contributed by atoms with Gasteiger partial charge in [0.05, 0.1) is 18.4 Å². The number of nitrogens with one attached hydrogen (secondary N) is 1. The maximum Gasteiger partial charge on any atom is 0.307 e. The summed E-state index contributed by atoms with van der Waals surface area (Å²) in [5, 5.41) is 9.14. The zero-order valence-electron chi connectivity index (χ0n) is 11.2. The lowest BCUT2D eigenvalue weighted by atomic mass is 9.79. The molecule has 2 unspecified atom stereocenters. The van der Waals surface area contributed by atoms with Gasteiger partial charge in [-0.2, -0.15) is 0 Å². The summed E-state index contributed by atoms with van der Waals surface area (Å²) in [4.78, 5) is 28.3. The highest BCUT2D eigenvalue weighted by atomic mass is 16.6. The van der Waals surface area contributed by atoms with Gasteiger partial charge in [0.2, 0.25) is 5.91 Å². The number of amides is 1. The monoisotopic (exact) mass is 277 g/mol. The Hall–Kier alpha value is -1.88. The van der Waals surface area contributed by atoms with Gasteiger partial charge in [-0.1, -0.05) is 43.2 Å². The summed E-state index contributed by atoms with van der Waals surface area (Å²) in [6, 6.07) is 9.48. The van der Waals surface area contributed by atoms with Gasteiger partial charge in [-0.15, -0.1) is 0 Å². The van der Waals surface area contributed by atoms with Crippen molar-refractivity contribution in [1.82, 2.24) is 5.48 Å². The molecule has 1 aliphatic carbocycles. The fourth-order valence-corrected chi connectivity index (χ4v) is 2.58. The van der Waals surface area contributed by atoms with Gasteiger partial charge in [-0.25, -0.2) is 5.48 Å². The van der Waals surface area contributed by atoms with E-state index < -0.39 is 17.8 Å². The van der Waals surface area contributed by atoms with Crippen molar-refractivity contribution in [2.24, 2.45) is 11.8 Å². The minimum atomic E-state index is -0.895. The number of aliphatic carboxylic acids is 1. The number of carbonyl (C=O) groups excluding carboxylic acids is 1. The van der Waals surface area contributed by atoms with Crippen LogP contribution in [0.1, 0.15) is 31.2 Å². The molecule has 1 amide bonds. The summed E-state index contributed by atoms with van der Waals surface area (Å²) in [5.41, 5.74) is 3.33. The smallest absolute Gasteiger partial charge is 0.307 e. The second-order valence-electron chi connectivity index (χ2n) is 5.08. The van der Waals surface area contributed by atoms with Crippen molar-refractivity contribution in [3.05, 3.63) is 35.9 Å². The molecule has 2 N–H and O–H groups in total. The van der Waals surface area contributed by atoms with Gasteiger partial charge in [0.15, 0.2) is 0 Å². The van der Waals surface area contributed by atoms with Gasteiger partial charge in [0, 0.05) is 0 Å². The first-order valence-corrected chi connectivity index (χ1v) is 6.87. The largest absolute Gasteiger partial charge is 0.481 e. The van der Waals surface area contributed by atoms with Gasteiger partial charge in [0.25, 0.3) is 0 Å². The number of hydrogen-bond donors (Lipinski definition) is 2. The Morgan fingerprint density at radius 3 is 2.45 bits per heavy atom. The predicted octanol–water partition coefficient (Wildman–Crippen LogP) is 2.13. The lowest BCUT2D eigenvalue weighted by Crippen LogP contribution is -2.39. The molecule has 0 heterocycles. The van der Waals surface area contributed by atoms with Crippen molar-refractivity contribution in [3.8, 4) is 0 Å². The van der Waals surface area contributed by atoms with Crippen LogP contribution in [-0.4, -0.2) is 17.0 Å². The van der Waals surface area contributed by atoms with Crippen LogP contribution in [0.3, 0.4) is 0 Å². The summed E-state index contributed by atoms with van der Waals surface area (Å²) in [7, 11) is 0. The van der Waals surface area contributed by atoms with Crippen molar-refractivity contribution in [2.45, 2.75) is 32.3 Å². The highest BCUT2D eigenvalue weighted by Crippen LogP contribution is 2.30. The molecule has 0 bridgehead atoms. The molecule has 0 saturated heterocycles. The average Bonchev–Trinajstić information content (AvgIpc) is 2.48. The van der Waals surface area contributed by atoms with Gasteiger partial charge in [0.1, 0.15) is 0 Å². The Bertz CT molecular complexity index is 460. The van der Waals surface area contributed by atoms with Crippen LogP contribution in [0.15, 0.2) is 30.3 Å². The zero-order chi connectivity index (χ0) is 14.4. The second-order valence-corrected chi connectivity index (χ2v) is 5.08. The fraction of sp³-hybridized carbons (Fsp3) is 0.467. The van der Waals surface area contributed by atoms with E-state index in [0.29, 0.717) is 12.8 Å². The first kappa shape index (κ1) is 14.5. The van der Waals surface area contributed by atoms with Crippen molar-refractivity contribution >= 4 is 11.9 Å². The third-order valence-electron chi connectivity index (χ3n) is 3.67. The molecule has 0 radical (unpaired) electrons. The molecule has 1 aliphatic rings. The molecular weight excluding hydrogens is 258 g/mol. The van der Waals surface area contributed by atoms with Crippen LogP contribution < -0.4 is 5.48 Å². The maximum atomic E-state index is 12.0. The molecule has 20 heavy (non-hydrogen) atoms. The average molecular weight is 277 g/mol. The molecule has 1 aromatic carbocycles. The maximum absolute atomic E-state index is 12.0. The number of hydrogen-bond acceptors (Lipinski definition) is 3.